The quantitative estimate of drug-likeness (QED) is 0.779. The van der Waals surface area contributed by atoms with Crippen molar-refractivity contribution in [1.82, 2.24) is 0 Å². The molecule has 2 unspecified atom stereocenters. The second-order valence-electron chi connectivity index (χ2n) is 4.74. The third-order valence-corrected chi connectivity index (χ3v) is 4.30. The first-order valence-electron chi connectivity index (χ1n) is 6.47. The van der Waals surface area contributed by atoms with Crippen LogP contribution in [0, 0.1) is 0 Å². The third-order valence-electron chi connectivity index (χ3n) is 3.16. The maximum atomic E-state index is 10.7. The summed E-state index contributed by atoms with van der Waals surface area (Å²) in [4.78, 5) is 11.9. The molecule has 1 aliphatic rings. The minimum absolute atomic E-state index is 0.367. The zero-order valence-corrected chi connectivity index (χ0v) is 11.6. The minimum atomic E-state index is -0.961. The Morgan fingerprint density at radius 1 is 1.47 bits per heavy atom. The summed E-state index contributed by atoms with van der Waals surface area (Å²) < 4.78 is 5.57. The molecule has 5 heteroatoms. The standard InChI is InChI=1S/C14H19NO3S/c15-13(14(16)17)8-10-3-5-12(6-4-10)19-9-11-2-1-7-18-11/h3-6,11,13H,1-2,7-9,15H2,(H,16,17). The molecule has 0 aromatic heterocycles. The predicted molar refractivity (Wildman–Crippen MR) is 75.5 cm³/mol. The van der Waals surface area contributed by atoms with E-state index in [9.17, 15) is 4.79 Å². The lowest BCUT2D eigenvalue weighted by molar-refractivity contribution is -0.138. The molecule has 0 bridgehead atoms. The van der Waals surface area contributed by atoms with Crippen LogP contribution in [0.15, 0.2) is 29.2 Å². The molecule has 2 atom stereocenters. The fraction of sp³-hybridized carbons (Fsp3) is 0.500. The van der Waals surface area contributed by atoms with Gasteiger partial charge in [0.1, 0.15) is 6.04 Å². The number of rotatable bonds is 6. The Labute approximate surface area is 117 Å². The molecule has 2 rings (SSSR count). The number of carboxylic acid groups (broad SMARTS) is 1. The highest BCUT2D eigenvalue weighted by atomic mass is 32.2. The van der Waals surface area contributed by atoms with Crippen LogP contribution in [0.2, 0.25) is 0 Å². The summed E-state index contributed by atoms with van der Waals surface area (Å²) in [5, 5.41) is 8.76. The van der Waals surface area contributed by atoms with Gasteiger partial charge >= 0.3 is 5.97 Å². The highest BCUT2D eigenvalue weighted by molar-refractivity contribution is 7.99. The van der Waals surface area contributed by atoms with Gasteiger partial charge in [0, 0.05) is 17.3 Å². The molecule has 0 amide bonds. The smallest absolute Gasteiger partial charge is 0.320 e. The number of aliphatic carboxylic acids is 1. The fourth-order valence-corrected chi connectivity index (χ4v) is 3.00. The summed E-state index contributed by atoms with van der Waals surface area (Å²) in [6.07, 6.45) is 3.06. The second kappa shape index (κ2) is 6.93. The number of carboxylic acids is 1. The second-order valence-corrected chi connectivity index (χ2v) is 5.83. The monoisotopic (exact) mass is 281 g/mol. The van der Waals surface area contributed by atoms with Crippen molar-refractivity contribution in [1.29, 1.82) is 0 Å². The van der Waals surface area contributed by atoms with E-state index in [0.29, 0.717) is 12.5 Å². The van der Waals surface area contributed by atoms with E-state index in [2.05, 4.69) is 0 Å². The highest BCUT2D eigenvalue weighted by Crippen LogP contribution is 2.24. The van der Waals surface area contributed by atoms with Crippen LogP contribution in [-0.4, -0.2) is 35.6 Å². The number of hydrogen-bond acceptors (Lipinski definition) is 4. The number of hydrogen-bond donors (Lipinski definition) is 2. The van der Waals surface area contributed by atoms with E-state index in [4.69, 9.17) is 15.6 Å². The summed E-state index contributed by atoms with van der Waals surface area (Å²) in [6, 6.07) is 7.10. The van der Waals surface area contributed by atoms with Gasteiger partial charge in [-0.05, 0) is 37.0 Å². The summed E-state index contributed by atoms with van der Waals surface area (Å²) in [6.45, 7) is 0.886. The number of carbonyl (C=O) groups is 1. The van der Waals surface area contributed by atoms with Crippen LogP contribution in [0.1, 0.15) is 18.4 Å². The molecule has 104 valence electrons. The average molecular weight is 281 g/mol. The first-order valence-corrected chi connectivity index (χ1v) is 7.45. The molecule has 0 radical (unpaired) electrons. The van der Waals surface area contributed by atoms with E-state index in [1.807, 2.05) is 24.3 Å². The molecule has 0 aliphatic carbocycles. The molecule has 0 saturated carbocycles. The van der Waals surface area contributed by atoms with E-state index in [1.165, 1.54) is 4.90 Å². The molecule has 4 nitrogen and oxygen atoms in total. The minimum Gasteiger partial charge on any atom is -0.480 e. The van der Waals surface area contributed by atoms with Crippen LogP contribution in [0.5, 0.6) is 0 Å². The van der Waals surface area contributed by atoms with Crippen molar-refractivity contribution < 1.29 is 14.6 Å². The Morgan fingerprint density at radius 3 is 2.79 bits per heavy atom. The molecule has 1 aliphatic heterocycles. The van der Waals surface area contributed by atoms with Gasteiger partial charge in [0.15, 0.2) is 0 Å². The zero-order valence-electron chi connectivity index (χ0n) is 10.7. The van der Waals surface area contributed by atoms with Gasteiger partial charge in [0.25, 0.3) is 0 Å². The molecular weight excluding hydrogens is 262 g/mol. The van der Waals surface area contributed by atoms with E-state index < -0.39 is 12.0 Å². The van der Waals surface area contributed by atoms with Gasteiger partial charge in [-0.3, -0.25) is 4.79 Å². The highest BCUT2D eigenvalue weighted by Gasteiger charge is 2.15. The first-order chi connectivity index (χ1) is 9.15. The van der Waals surface area contributed by atoms with E-state index >= 15 is 0 Å². The summed E-state index contributed by atoms with van der Waals surface area (Å²) in [5.74, 6) is 0.0189. The van der Waals surface area contributed by atoms with Gasteiger partial charge in [0.05, 0.1) is 6.10 Å². The van der Waals surface area contributed by atoms with Gasteiger partial charge in [-0.1, -0.05) is 12.1 Å². The Morgan fingerprint density at radius 2 is 2.21 bits per heavy atom. The predicted octanol–water partition coefficient (Wildman–Crippen LogP) is 1.91. The van der Waals surface area contributed by atoms with E-state index in [1.54, 1.807) is 11.8 Å². The van der Waals surface area contributed by atoms with E-state index in [-0.39, 0.29) is 0 Å². The maximum absolute atomic E-state index is 10.7. The first kappa shape index (κ1) is 14.4. The maximum Gasteiger partial charge on any atom is 0.320 e. The normalized spacial score (nSPS) is 20.4. The Hall–Kier alpha value is -1.04. The van der Waals surface area contributed by atoms with Crippen molar-refractivity contribution in [2.24, 2.45) is 5.73 Å². The van der Waals surface area contributed by atoms with Crippen molar-refractivity contribution in [2.75, 3.05) is 12.4 Å². The number of ether oxygens (including phenoxy) is 1. The van der Waals surface area contributed by atoms with Gasteiger partial charge in [-0.15, -0.1) is 11.8 Å². The Bertz CT molecular complexity index is 415. The van der Waals surface area contributed by atoms with Gasteiger partial charge < -0.3 is 15.6 Å². The Kier molecular flexibility index (Phi) is 5.24. The zero-order chi connectivity index (χ0) is 13.7. The fourth-order valence-electron chi connectivity index (χ4n) is 2.03. The Balaban J connectivity index is 1.82. The topological polar surface area (TPSA) is 72.5 Å². The summed E-state index contributed by atoms with van der Waals surface area (Å²) in [5.41, 5.74) is 6.46. The molecule has 1 saturated heterocycles. The van der Waals surface area contributed by atoms with Crippen LogP contribution in [-0.2, 0) is 16.0 Å². The lowest BCUT2D eigenvalue weighted by atomic mass is 10.1. The molecule has 1 heterocycles. The SMILES string of the molecule is NC(Cc1ccc(SCC2CCCO2)cc1)C(=O)O. The number of benzene rings is 1. The molecule has 3 N–H and O–H groups in total. The third kappa shape index (κ3) is 4.53. The van der Waals surface area contributed by atoms with Crippen LogP contribution in [0.4, 0.5) is 0 Å². The van der Waals surface area contributed by atoms with Crippen molar-refractivity contribution in [3.8, 4) is 0 Å². The summed E-state index contributed by atoms with van der Waals surface area (Å²) >= 11 is 1.78. The van der Waals surface area contributed by atoms with Gasteiger partial charge in [-0.2, -0.15) is 0 Å². The van der Waals surface area contributed by atoms with Crippen LogP contribution in [0.3, 0.4) is 0 Å². The largest absolute Gasteiger partial charge is 0.480 e. The van der Waals surface area contributed by atoms with Gasteiger partial charge in [0.2, 0.25) is 0 Å². The van der Waals surface area contributed by atoms with Crippen molar-refractivity contribution in [3.63, 3.8) is 0 Å². The van der Waals surface area contributed by atoms with Crippen LogP contribution < -0.4 is 5.73 Å². The summed E-state index contributed by atoms with van der Waals surface area (Å²) in [7, 11) is 0. The average Bonchev–Trinajstić information content (AvgIpc) is 2.91. The van der Waals surface area contributed by atoms with Crippen LogP contribution in [0.25, 0.3) is 0 Å². The molecular formula is C14H19NO3S. The van der Waals surface area contributed by atoms with Crippen LogP contribution >= 0.6 is 11.8 Å². The molecule has 19 heavy (non-hydrogen) atoms. The van der Waals surface area contributed by atoms with E-state index in [0.717, 1.165) is 30.8 Å². The molecule has 1 fully saturated rings. The number of nitrogens with two attached hydrogens (primary N) is 1. The van der Waals surface area contributed by atoms with Crippen molar-refractivity contribution in [3.05, 3.63) is 29.8 Å². The van der Waals surface area contributed by atoms with Crippen molar-refractivity contribution >= 4 is 17.7 Å². The lowest BCUT2D eigenvalue weighted by Gasteiger charge is -2.10. The lowest BCUT2D eigenvalue weighted by Crippen LogP contribution is -2.32. The van der Waals surface area contributed by atoms with Gasteiger partial charge in [-0.25, -0.2) is 0 Å². The molecule has 1 aromatic rings. The number of thioether (sulfide) groups is 1. The van der Waals surface area contributed by atoms with Crippen molar-refractivity contribution in [2.45, 2.75) is 36.3 Å². The molecule has 0 spiro atoms. The molecule has 1 aromatic carbocycles.